The number of amides is 1. The van der Waals surface area contributed by atoms with Gasteiger partial charge in [-0.3, -0.25) is 4.79 Å². The molecule has 0 unspecified atom stereocenters. The van der Waals surface area contributed by atoms with Gasteiger partial charge < -0.3 is 14.8 Å². The highest BCUT2D eigenvalue weighted by molar-refractivity contribution is 5.93. The van der Waals surface area contributed by atoms with Crippen LogP contribution in [0.25, 0.3) is 10.9 Å². The Morgan fingerprint density at radius 2 is 1.93 bits per heavy atom. The molecule has 0 radical (unpaired) electrons. The van der Waals surface area contributed by atoms with Crippen molar-refractivity contribution in [2.45, 2.75) is 25.1 Å². The van der Waals surface area contributed by atoms with Gasteiger partial charge in [0.05, 0.1) is 5.52 Å². The zero-order valence-corrected chi connectivity index (χ0v) is 15.8. The molecule has 9 heteroatoms. The molecule has 0 atom stereocenters. The number of hydrogen-bond donors (Lipinski definition) is 1. The van der Waals surface area contributed by atoms with Crippen LogP contribution in [0.15, 0.2) is 42.7 Å². The van der Waals surface area contributed by atoms with Gasteiger partial charge in [0.15, 0.2) is 0 Å². The van der Waals surface area contributed by atoms with Gasteiger partial charge in [0.2, 0.25) is 0 Å². The summed E-state index contributed by atoms with van der Waals surface area (Å²) in [7, 11) is 1.84. The molecule has 3 aromatic heterocycles. The SMILES string of the molecule is Cn1cccc1C(=O)N1CCC(Nc2nccc3nc(C(F)(F)F)ccc23)CC1. The second kappa shape index (κ2) is 7.38. The lowest BCUT2D eigenvalue weighted by Gasteiger charge is -2.32. The van der Waals surface area contributed by atoms with E-state index in [1.54, 1.807) is 10.6 Å². The number of hydrogen-bond acceptors (Lipinski definition) is 4. The smallest absolute Gasteiger partial charge is 0.367 e. The summed E-state index contributed by atoms with van der Waals surface area (Å²) < 4.78 is 40.5. The van der Waals surface area contributed by atoms with E-state index >= 15 is 0 Å². The van der Waals surface area contributed by atoms with Crippen LogP contribution in [0.2, 0.25) is 0 Å². The van der Waals surface area contributed by atoms with Crippen molar-refractivity contribution in [1.82, 2.24) is 19.4 Å². The summed E-state index contributed by atoms with van der Waals surface area (Å²) in [5.74, 6) is 0.513. The van der Waals surface area contributed by atoms with Crippen LogP contribution in [0.1, 0.15) is 29.0 Å². The Kier molecular flexibility index (Phi) is 4.89. The third-order valence-electron chi connectivity index (χ3n) is 5.19. The Morgan fingerprint density at radius 3 is 2.59 bits per heavy atom. The zero-order chi connectivity index (χ0) is 20.6. The Morgan fingerprint density at radius 1 is 1.17 bits per heavy atom. The fourth-order valence-electron chi connectivity index (χ4n) is 3.59. The molecule has 1 aliphatic heterocycles. The van der Waals surface area contributed by atoms with Gasteiger partial charge in [-0.25, -0.2) is 9.97 Å². The summed E-state index contributed by atoms with van der Waals surface area (Å²) in [5.41, 5.74) is -0.0260. The number of aromatic nitrogens is 3. The summed E-state index contributed by atoms with van der Waals surface area (Å²) >= 11 is 0. The molecule has 152 valence electrons. The van der Waals surface area contributed by atoms with Crippen LogP contribution in [-0.4, -0.2) is 44.5 Å². The van der Waals surface area contributed by atoms with Crippen molar-refractivity contribution in [3.63, 3.8) is 0 Å². The monoisotopic (exact) mass is 403 g/mol. The molecule has 1 fully saturated rings. The van der Waals surface area contributed by atoms with Crippen LogP contribution < -0.4 is 5.32 Å². The topological polar surface area (TPSA) is 63.1 Å². The van der Waals surface area contributed by atoms with Crippen molar-refractivity contribution in [1.29, 1.82) is 0 Å². The minimum atomic E-state index is -4.48. The number of aryl methyl sites for hydroxylation is 1. The number of carbonyl (C=O) groups is 1. The lowest BCUT2D eigenvalue weighted by Crippen LogP contribution is -2.43. The Balaban J connectivity index is 1.45. The normalized spacial score (nSPS) is 15.7. The first-order valence-corrected chi connectivity index (χ1v) is 9.33. The van der Waals surface area contributed by atoms with E-state index in [1.165, 1.54) is 18.3 Å². The number of alkyl halides is 3. The molecule has 6 nitrogen and oxygen atoms in total. The van der Waals surface area contributed by atoms with Crippen LogP contribution in [0, 0.1) is 0 Å². The average molecular weight is 403 g/mol. The van der Waals surface area contributed by atoms with Crippen molar-refractivity contribution < 1.29 is 18.0 Å². The average Bonchev–Trinajstić information content (AvgIpc) is 3.13. The van der Waals surface area contributed by atoms with Crippen molar-refractivity contribution >= 4 is 22.6 Å². The van der Waals surface area contributed by atoms with E-state index in [-0.39, 0.29) is 17.5 Å². The number of nitrogens with one attached hydrogen (secondary N) is 1. The Hall–Kier alpha value is -3.10. The number of nitrogens with zero attached hydrogens (tertiary/aromatic N) is 4. The summed E-state index contributed by atoms with van der Waals surface area (Å²) in [5, 5.41) is 3.86. The number of piperidine rings is 1. The number of anilines is 1. The maximum absolute atomic E-state index is 12.9. The predicted octanol–water partition coefficient (Wildman–Crippen LogP) is 3.70. The third kappa shape index (κ3) is 3.90. The molecule has 0 spiro atoms. The quantitative estimate of drug-likeness (QED) is 0.724. The molecule has 1 saturated heterocycles. The molecule has 0 aromatic carbocycles. The van der Waals surface area contributed by atoms with Gasteiger partial charge in [0.1, 0.15) is 17.2 Å². The highest BCUT2D eigenvalue weighted by Gasteiger charge is 2.32. The molecule has 0 bridgehead atoms. The molecule has 4 heterocycles. The number of pyridine rings is 2. The Labute approximate surface area is 165 Å². The fourth-order valence-corrected chi connectivity index (χ4v) is 3.59. The van der Waals surface area contributed by atoms with Crippen molar-refractivity contribution in [3.8, 4) is 0 Å². The van der Waals surface area contributed by atoms with Gasteiger partial charge in [-0.15, -0.1) is 0 Å². The van der Waals surface area contributed by atoms with E-state index in [9.17, 15) is 18.0 Å². The highest BCUT2D eigenvalue weighted by Crippen LogP contribution is 2.30. The standard InChI is InChI=1S/C20H20F3N5O/c1-27-10-2-3-16(27)19(29)28-11-7-13(8-12-28)25-18-14-4-5-17(20(21,22)23)26-15(14)6-9-24-18/h2-6,9-10,13H,7-8,11-12H2,1H3,(H,24,25). The summed E-state index contributed by atoms with van der Waals surface area (Å²) in [6, 6.07) is 7.55. The number of rotatable bonds is 3. The number of carbonyl (C=O) groups excluding carboxylic acids is 1. The molecular formula is C20H20F3N5O. The predicted molar refractivity (Wildman–Crippen MR) is 103 cm³/mol. The fraction of sp³-hybridized carbons (Fsp3) is 0.350. The first kappa shape index (κ1) is 19.2. The second-order valence-corrected chi connectivity index (χ2v) is 7.14. The summed E-state index contributed by atoms with van der Waals surface area (Å²) in [6.45, 7) is 1.20. The van der Waals surface area contributed by atoms with Crippen LogP contribution >= 0.6 is 0 Å². The van der Waals surface area contributed by atoms with Crippen molar-refractivity contribution in [2.24, 2.45) is 7.05 Å². The van der Waals surface area contributed by atoms with E-state index in [1.807, 2.05) is 24.2 Å². The molecule has 1 N–H and O–H groups in total. The maximum atomic E-state index is 12.9. The highest BCUT2D eigenvalue weighted by atomic mass is 19.4. The van der Waals surface area contributed by atoms with Gasteiger partial charge in [0.25, 0.3) is 5.91 Å². The maximum Gasteiger partial charge on any atom is 0.433 e. The van der Waals surface area contributed by atoms with Gasteiger partial charge in [-0.05, 0) is 43.2 Å². The lowest BCUT2D eigenvalue weighted by atomic mass is 10.0. The third-order valence-corrected chi connectivity index (χ3v) is 5.19. The lowest BCUT2D eigenvalue weighted by molar-refractivity contribution is -0.140. The first-order chi connectivity index (χ1) is 13.8. The number of fused-ring (bicyclic) bond motifs is 1. The minimum Gasteiger partial charge on any atom is -0.367 e. The molecular weight excluding hydrogens is 383 g/mol. The Bertz CT molecular complexity index is 1040. The van der Waals surface area contributed by atoms with Crippen molar-refractivity contribution in [2.75, 3.05) is 18.4 Å². The summed E-state index contributed by atoms with van der Waals surface area (Å²) in [6.07, 6.45) is 0.255. The first-order valence-electron chi connectivity index (χ1n) is 9.33. The molecule has 3 aromatic rings. The number of likely N-dealkylation sites (tertiary alicyclic amines) is 1. The van der Waals surface area contributed by atoms with E-state index in [2.05, 4.69) is 15.3 Å². The molecule has 0 aliphatic carbocycles. The minimum absolute atomic E-state index is 0.00289. The van der Waals surface area contributed by atoms with Gasteiger partial charge in [-0.2, -0.15) is 13.2 Å². The van der Waals surface area contributed by atoms with Crippen LogP contribution in [0.5, 0.6) is 0 Å². The van der Waals surface area contributed by atoms with Crippen LogP contribution in [-0.2, 0) is 13.2 Å². The van der Waals surface area contributed by atoms with Crippen LogP contribution in [0.3, 0.4) is 0 Å². The van der Waals surface area contributed by atoms with E-state index in [0.29, 0.717) is 30.0 Å². The molecule has 1 amide bonds. The van der Waals surface area contributed by atoms with Crippen molar-refractivity contribution in [3.05, 3.63) is 54.1 Å². The molecule has 4 rings (SSSR count). The second-order valence-electron chi connectivity index (χ2n) is 7.14. The van der Waals surface area contributed by atoms with Gasteiger partial charge in [0, 0.05) is 44.0 Å². The van der Waals surface area contributed by atoms with Gasteiger partial charge in [-0.1, -0.05) is 0 Å². The number of halogens is 3. The van der Waals surface area contributed by atoms with E-state index < -0.39 is 11.9 Å². The molecule has 0 saturated carbocycles. The zero-order valence-electron chi connectivity index (χ0n) is 15.8. The summed E-state index contributed by atoms with van der Waals surface area (Å²) in [4.78, 5) is 22.4. The van der Waals surface area contributed by atoms with E-state index in [4.69, 9.17) is 0 Å². The van der Waals surface area contributed by atoms with E-state index in [0.717, 1.165) is 18.9 Å². The molecule has 1 aliphatic rings. The molecule has 29 heavy (non-hydrogen) atoms. The van der Waals surface area contributed by atoms with Crippen LogP contribution in [0.4, 0.5) is 19.0 Å². The largest absolute Gasteiger partial charge is 0.433 e. The van der Waals surface area contributed by atoms with Gasteiger partial charge >= 0.3 is 6.18 Å².